The molecule has 17 heavy (non-hydrogen) atoms. The van der Waals surface area contributed by atoms with Crippen LogP contribution in [0.25, 0.3) is 0 Å². The second kappa shape index (κ2) is 6.88. The molecule has 96 valence electrons. The van der Waals surface area contributed by atoms with Crippen LogP contribution in [0, 0.1) is 0 Å². The topological polar surface area (TPSA) is 84.5 Å². The molecule has 0 atom stereocenters. The van der Waals surface area contributed by atoms with Crippen molar-refractivity contribution in [3.63, 3.8) is 0 Å². The minimum atomic E-state index is -0.880. The van der Waals surface area contributed by atoms with E-state index in [2.05, 4.69) is 15.4 Å². The van der Waals surface area contributed by atoms with Gasteiger partial charge in [0.2, 0.25) is 5.91 Å². The van der Waals surface area contributed by atoms with Gasteiger partial charge in [0.1, 0.15) is 0 Å². The Balaban J connectivity index is 2.00. The molecule has 6 nitrogen and oxygen atoms in total. The lowest BCUT2D eigenvalue weighted by Gasteiger charge is -2.05. The van der Waals surface area contributed by atoms with Gasteiger partial charge in [-0.25, -0.2) is 4.79 Å². The van der Waals surface area contributed by atoms with E-state index in [1.165, 1.54) is 0 Å². The minimum Gasteiger partial charge on any atom is -0.459 e. The zero-order chi connectivity index (χ0) is 12.7. The number of carbonyl (C=O) groups excluding carboxylic acids is 3. The van der Waals surface area contributed by atoms with Gasteiger partial charge in [-0.3, -0.25) is 9.59 Å². The maximum Gasteiger partial charge on any atom is 0.396 e. The highest BCUT2D eigenvalue weighted by Gasteiger charge is 2.22. The molecule has 0 heterocycles. The SMILES string of the molecule is CCOC(=O)C(=O)NCCCC(=O)NC1CC1. The molecule has 2 N–H and O–H groups in total. The average Bonchev–Trinajstić information content (AvgIpc) is 3.08. The maximum atomic E-state index is 11.3. The van der Waals surface area contributed by atoms with E-state index in [1.54, 1.807) is 6.92 Å². The van der Waals surface area contributed by atoms with Crippen molar-refractivity contribution in [3.05, 3.63) is 0 Å². The highest BCUT2D eigenvalue weighted by Crippen LogP contribution is 2.18. The van der Waals surface area contributed by atoms with Crippen molar-refractivity contribution in [1.82, 2.24) is 10.6 Å². The third-order valence-electron chi connectivity index (χ3n) is 2.27. The number of hydrogen-bond acceptors (Lipinski definition) is 4. The molecule has 0 radical (unpaired) electrons. The van der Waals surface area contributed by atoms with Crippen LogP contribution in [0.1, 0.15) is 32.6 Å². The Morgan fingerprint density at radius 3 is 2.59 bits per heavy atom. The van der Waals surface area contributed by atoms with E-state index in [4.69, 9.17) is 0 Å². The van der Waals surface area contributed by atoms with Gasteiger partial charge < -0.3 is 15.4 Å². The van der Waals surface area contributed by atoms with E-state index in [-0.39, 0.29) is 12.5 Å². The van der Waals surface area contributed by atoms with Gasteiger partial charge in [-0.05, 0) is 26.2 Å². The van der Waals surface area contributed by atoms with Crippen LogP contribution in [-0.4, -0.2) is 37.0 Å². The van der Waals surface area contributed by atoms with Gasteiger partial charge in [-0.1, -0.05) is 0 Å². The highest BCUT2D eigenvalue weighted by atomic mass is 16.5. The van der Waals surface area contributed by atoms with Crippen molar-refractivity contribution in [3.8, 4) is 0 Å². The molecule has 0 aromatic carbocycles. The van der Waals surface area contributed by atoms with Crippen LogP contribution in [0.5, 0.6) is 0 Å². The fraction of sp³-hybridized carbons (Fsp3) is 0.727. The van der Waals surface area contributed by atoms with Crippen LogP contribution in [0.4, 0.5) is 0 Å². The molecule has 0 unspecified atom stereocenters. The van der Waals surface area contributed by atoms with Crippen molar-refractivity contribution in [2.75, 3.05) is 13.2 Å². The van der Waals surface area contributed by atoms with Crippen LogP contribution in [0.15, 0.2) is 0 Å². The number of amides is 2. The van der Waals surface area contributed by atoms with E-state index in [1.807, 2.05) is 0 Å². The molecule has 0 saturated heterocycles. The summed E-state index contributed by atoms with van der Waals surface area (Å²) in [5.74, 6) is -1.64. The maximum absolute atomic E-state index is 11.3. The van der Waals surface area contributed by atoms with Gasteiger partial charge in [0.25, 0.3) is 0 Å². The summed E-state index contributed by atoms with van der Waals surface area (Å²) >= 11 is 0. The largest absolute Gasteiger partial charge is 0.459 e. The summed E-state index contributed by atoms with van der Waals surface area (Å²) in [7, 11) is 0. The Labute approximate surface area is 100 Å². The third-order valence-corrected chi connectivity index (χ3v) is 2.27. The monoisotopic (exact) mass is 242 g/mol. The lowest BCUT2D eigenvalue weighted by atomic mass is 10.3. The summed E-state index contributed by atoms with van der Waals surface area (Å²) in [5.41, 5.74) is 0. The third kappa shape index (κ3) is 5.89. The van der Waals surface area contributed by atoms with Crippen LogP contribution in [0.3, 0.4) is 0 Å². The molecule has 0 spiro atoms. The number of nitrogens with one attached hydrogen (secondary N) is 2. The lowest BCUT2D eigenvalue weighted by molar-refractivity contribution is -0.154. The number of hydrogen-bond donors (Lipinski definition) is 2. The normalized spacial score (nSPS) is 13.9. The summed E-state index contributed by atoms with van der Waals surface area (Å²) in [6.07, 6.45) is 3.00. The number of carbonyl (C=O) groups is 3. The second-order valence-corrected chi connectivity index (χ2v) is 3.92. The average molecular weight is 242 g/mol. The molecule has 0 aliphatic heterocycles. The van der Waals surface area contributed by atoms with Crippen molar-refractivity contribution in [2.45, 2.75) is 38.6 Å². The van der Waals surface area contributed by atoms with E-state index >= 15 is 0 Å². The molecule has 2 amide bonds. The molecular weight excluding hydrogens is 224 g/mol. The predicted molar refractivity (Wildman–Crippen MR) is 60.0 cm³/mol. The van der Waals surface area contributed by atoms with E-state index in [9.17, 15) is 14.4 Å². The molecule has 0 bridgehead atoms. The van der Waals surface area contributed by atoms with Crippen molar-refractivity contribution in [1.29, 1.82) is 0 Å². The molecule has 1 aliphatic rings. The molecule has 0 aromatic heterocycles. The predicted octanol–water partition coefficient (Wildman–Crippen LogP) is -0.275. The summed E-state index contributed by atoms with van der Waals surface area (Å²) in [6.45, 7) is 2.11. The second-order valence-electron chi connectivity index (χ2n) is 3.92. The first-order valence-corrected chi connectivity index (χ1v) is 5.87. The zero-order valence-corrected chi connectivity index (χ0v) is 9.95. The fourth-order valence-corrected chi connectivity index (χ4v) is 1.25. The summed E-state index contributed by atoms with van der Waals surface area (Å²) < 4.78 is 4.51. The standard InChI is InChI=1S/C11H18N2O4/c1-2-17-11(16)10(15)12-7-3-4-9(14)13-8-5-6-8/h8H,2-7H2,1H3,(H,12,15)(H,13,14). The van der Waals surface area contributed by atoms with Crippen molar-refractivity contribution in [2.24, 2.45) is 0 Å². The Kier molecular flexibility index (Phi) is 5.45. The van der Waals surface area contributed by atoms with E-state index in [0.717, 1.165) is 12.8 Å². The number of esters is 1. The first-order chi connectivity index (χ1) is 8.13. The van der Waals surface area contributed by atoms with Crippen molar-refractivity contribution >= 4 is 17.8 Å². The molecule has 0 aromatic rings. The molecule has 1 saturated carbocycles. The van der Waals surface area contributed by atoms with Gasteiger partial charge in [-0.15, -0.1) is 0 Å². The van der Waals surface area contributed by atoms with E-state index < -0.39 is 11.9 Å². The highest BCUT2D eigenvalue weighted by molar-refractivity contribution is 6.32. The van der Waals surface area contributed by atoms with Crippen LogP contribution < -0.4 is 10.6 Å². The number of rotatable bonds is 6. The quantitative estimate of drug-likeness (QED) is 0.381. The smallest absolute Gasteiger partial charge is 0.396 e. The summed E-state index contributed by atoms with van der Waals surface area (Å²) in [4.78, 5) is 33.2. The zero-order valence-electron chi connectivity index (χ0n) is 9.95. The molecule has 1 aliphatic carbocycles. The Hall–Kier alpha value is -1.59. The molecule has 1 rings (SSSR count). The van der Waals surface area contributed by atoms with Crippen LogP contribution in [0.2, 0.25) is 0 Å². The Morgan fingerprint density at radius 2 is 2.00 bits per heavy atom. The summed E-state index contributed by atoms with van der Waals surface area (Å²) in [5, 5.41) is 5.24. The minimum absolute atomic E-state index is 0.00196. The van der Waals surface area contributed by atoms with Gasteiger partial charge in [0.05, 0.1) is 6.61 Å². The van der Waals surface area contributed by atoms with Gasteiger partial charge in [-0.2, -0.15) is 0 Å². The first-order valence-electron chi connectivity index (χ1n) is 5.87. The van der Waals surface area contributed by atoms with Gasteiger partial charge >= 0.3 is 11.9 Å². The van der Waals surface area contributed by atoms with Gasteiger partial charge in [0, 0.05) is 19.0 Å². The Morgan fingerprint density at radius 1 is 1.29 bits per heavy atom. The lowest BCUT2D eigenvalue weighted by Crippen LogP contribution is -2.34. The van der Waals surface area contributed by atoms with Crippen molar-refractivity contribution < 1.29 is 19.1 Å². The Bertz CT molecular complexity index is 300. The molecular formula is C11H18N2O4. The van der Waals surface area contributed by atoms with E-state index in [0.29, 0.717) is 25.4 Å². The molecule has 1 fully saturated rings. The molecule has 6 heteroatoms. The first kappa shape index (κ1) is 13.5. The summed E-state index contributed by atoms with van der Waals surface area (Å²) in [6, 6.07) is 0.358. The van der Waals surface area contributed by atoms with Crippen LogP contribution >= 0.6 is 0 Å². The van der Waals surface area contributed by atoms with Crippen LogP contribution in [-0.2, 0) is 19.1 Å². The van der Waals surface area contributed by atoms with Gasteiger partial charge in [0.15, 0.2) is 0 Å². The number of ether oxygens (including phenoxy) is 1. The fourth-order valence-electron chi connectivity index (χ4n) is 1.25.